The third-order valence-electron chi connectivity index (χ3n) is 7.36. The summed E-state index contributed by atoms with van der Waals surface area (Å²) < 4.78 is 0. The third-order valence-corrected chi connectivity index (χ3v) is 7.36. The summed E-state index contributed by atoms with van der Waals surface area (Å²) >= 11 is 0. The first kappa shape index (κ1) is 16.0. The molecule has 1 fully saturated rings. The van der Waals surface area contributed by atoms with Crippen LogP contribution in [0, 0.1) is 22.7 Å². The van der Waals surface area contributed by atoms with Gasteiger partial charge in [0.2, 0.25) is 0 Å². The Morgan fingerprint density at radius 1 is 1.29 bits per heavy atom. The summed E-state index contributed by atoms with van der Waals surface area (Å²) in [5, 5.41) is 9.31. The van der Waals surface area contributed by atoms with Gasteiger partial charge in [0, 0.05) is 22.8 Å². The van der Waals surface area contributed by atoms with Crippen LogP contribution in [0.4, 0.5) is 0 Å². The molecule has 0 radical (unpaired) electrons. The molecule has 4 aliphatic rings. The highest BCUT2D eigenvalue weighted by Crippen LogP contribution is 2.63. The molecule has 0 aromatic carbocycles. The number of allylic oxidation sites excluding steroid dienone is 5. The van der Waals surface area contributed by atoms with Crippen LogP contribution in [0.5, 0.6) is 0 Å². The summed E-state index contributed by atoms with van der Waals surface area (Å²) in [5.74, 6) is 1.13. The highest BCUT2D eigenvalue weighted by molar-refractivity contribution is 5.98. The van der Waals surface area contributed by atoms with E-state index in [-0.39, 0.29) is 29.0 Å². The van der Waals surface area contributed by atoms with Gasteiger partial charge < -0.3 is 5.11 Å². The largest absolute Gasteiger partial charge is 0.388 e. The van der Waals surface area contributed by atoms with Crippen molar-refractivity contribution in [3.63, 3.8) is 0 Å². The minimum absolute atomic E-state index is 0.0435. The van der Waals surface area contributed by atoms with Crippen molar-refractivity contribution in [3.05, 3.63) is 34.9 Å². The third kappa shape index (κ3) is 2.00. The van der Waals surface area contributed by atoms with Gasteiger partial charge in [-0.25, -0.2) is 0 Å². The molecule has 1 N–H and O–H groups in total. The average Bonchev–Trinajstić information content (AvgIpc) is 2.92. The monoisotopic (exact) mass is 326 g/mol. The van der Waals surface area contributed by atoms with Gasteiger partial charge in [-0.2, -0.15) is 0 Å². The van der Waals surface area contributed by atoms with Crippen molar-refractivity contribution in [3.8, 4) is 0 Å². The van der Waals surface area contributed by atoms with Crippen molar-refractivity contribution < 1.29 is 14.7 Å². The molecule has 24 heavy (non-hydrogen) atoms. The maximum Gasteiger partial charge on any atom is 0.184 e. The second-order valence-corrected chi connectivity index (χ2v) is 8.44. The van der Waals surface area contributed by atoms with Crippen molar-refractivity contribution in [2.75, 3.05) is 6.61 Å². The van der Waals surface area contributed by atoms with Crippen LogP contribution in [0.25, 0.3) is 0 Å². The van der Waals surface area contributed by atoms with Gasteiger partial charge >= 0.3 is 0 Å². The topological polar surface area (TPSA) is 54.4 Å². The van der Waals surface area contributed by atoms with E-state index in [0.717, 1.165) is 37.7 Å². The van der Waals surface area contributed by atoms with Crippen LogP contribution >= 0.6 is 0 Å². The number of hydrogen-bond acceptors (Lipinski definition) is 3. The van der Waals surface area contributed by atoms with Crippen molar-refractivity contribution in [2.45, 2.75) is 52.4 Å². The molecule has 0 aromatic heterocycles. The number of carbonyl (C=O) groups excluding carboxylic acids is 2. The lowest BCUT2D eigenvalue weighted by atomic mass is 9.51. The lowest BCUT2D eigenvalue weighted by molar-refractivity contribution is -0.119. The minimum Gasteiger partial charge on any atom is -0.388 e. The van der Waals surface area contributed by atoms with E-state index in [1.54, 1.807) is 0 Å². The zero-order chi connectivity index (χ0) is 17.1. The van der Waals surface area contributed by atoms with Gasteiger partial charge in [-0.3, -0.25) is 9.59 Å². The summed E-state index contributed by atoms with van der Waals surface area (Å²) in [6, 6.07) is 0. The molecule has 0 heterocycles. The second kappa shape index (κ2) is 5.26. The first-order valence-electron chi connectivity index (χ1n) is 9.19. The Balaban J connectivity index is 1.73. The van der Waals surface area contributed by atoms with Crippen LogP contribution in [0.2, 0.25) is 0 Å². The first-order valence-corrected chi connectivity index (χ1v) is 9.19. The summed E-state index contributed by atoms with van der Waals surface area (Å²) in [6.07, 6.45) is 11.8. The van der Waals surface area contributed by atoms with Gasteiger partial charge in [-0.05, 0) is 50.0 Å². The zero-order valence-electron chi connectivity index (χ0n) is 14.6. The Kier molecular flexibility index (Phi) is 3.51. The van der Waals surface area contributed by atoms with Crippen molar-refractivity contribution in [1.29, 1.82) is 0 Å². The Bertz CT molecular complexity index is 711. The van der Waals surface area contributed by atoms with Gasteiger partial charge in [-0.15, -0.1) is 0 Å². The number of ketones is 2. The molecular weight excluding hydrogens is 300 g/mol. The molecule has 4 rings (SSSR count). The highest BCUT2D eigenvalue weighted by atomic mass is 16.3. The molecule has 3 heteroatoms. The fourth-order valence-corrected chi connectivity index (χ4v) is 5.95. The van der Waals surface area contributed by atoms with Gasteiger partial charge in [0.1, 0.15) is 6.61 Å². The maximum absolute atomic E-state index is 12.2. The number of rotatable bonds is 2. The van der Waals surface area contributed by atoms with Crippen LogP contribution in [0.15, 0.2) is 34.9 Å². The van der Waals surface area contributed by atoms with E-state index >= 15 is 0 Å². The van der Waals surface area contributed by atoms with Gasteiger partial charge in [0.25, 0.3) is 0 Å². The normalized spacial score (nSPS) is 40.8. The van der Waals surface area contributed by atoms with Crippen molar-refractivity contribution in [2.24, 2.45) is 22.7 Å². The van der Waals surface area contributed by atoms with E-state index in [0.29, 0.717) is 18.3 Å². The van der Waals surface area contributed by atoms with E-state index in [9.17, 15) is 14.7 Å². The summed E-state index contributed by atoms with van der Waals surface area (Å²) in [6.45, 7) is 4.13. The molecular formula is C21H26O3. The maximum atomic E-state index is 12.2. The van der Waals surface area contributed by atoms with Gasteiger partial charge in [0.05, 0.1) is 0 Å². The van der Waals surface area contributed by atoms with Gasteiger partial charge in [0.15, 0.2) is 11.6 Å². The molecule has 0 spiro atoms. The fraction of sp³-hybridized carbons (Fsp3) is 0.619. The number of aliphatic hydroxyl groups is 1. The lowest BCUT2D eigenvalue weighted by Gasteiger charge is -2.53. The molecule has 0 aliphatic heterocycles. The van der Waals surface area contributed by atoms with E-state index in [2.05, 4.69) is 26.0 Å². The van der Waals surface area contributed by atoms with Gasteiger partial charge in [-0.1, -0.05) is 37.1 Å². The van der Waals surface area contributed by atoms with Crippen molar-refractivity contribution in [1.82, 2.24) is 0 Å². The van der Waals surface area contributed by atoms with Crippen LogP contribution < -0.4 is 0 Å². The summed E-state index contributed by atoms with van der Waals surface area (Å²) in [5.41, 5.74) is 3.59. The standard InChI is InChI=1S/C21H26O3/c1-20-9-7-14(23)11-13(20)3-4-15-16-5-6-18(19(24)12-22)21(16,2)10-8-17(15)20/h6,8,11,15-16,22H,3-5,7,9-10,12H2,1-2H3/t15?,16?,20-,21-/m0/s1. The SMILES string of the molecule is C[C@]12CCC(=O)C=C1CCC1C2=CC[C@]2(C)C(C(=O)CO)=CCC12. The first-order chi connectivity index (χ1) is 11.4. The van der Waals surface area contributed by atoms with E-state index in [4.69, 9.17) is 0 Å². The quantitative estimate of drug-likeness (QED) is 0.790. The molecule has 128 valence electrons. The van der Waals surface area contributed by atoms with E-state index < -0.39 is 0 Å². The predicted octanol–water partition coefficient (Wildman–Crippen LogP) is 3.54. The highest BCUT2D eigenvalue weighted by Gasteiger charge is 2.54. The summed E-state index contributed by atoms with van der Waals surface area (Å²) in [4.78, 5) is 24.0. The van der Waals surface area contributed by atoms with Crippen LogP contribution in [0.1, 0.15) is 52.4 Å². The molecule has 0 aromatic rings. The number of aliphatic hydroxyl groups excluding tert-OH is 1. The van der Waals surface area contributed by atoms with E-state index in [1.807, 2.05) is 6.08 Å². The van der Waals surface area contributed by atoms with Crippen LogP contribution in [-0.4, -0.2) is 23.3 Å². The number of Topliss-reactive ketones (excluding diaryl/α,β-unsaturated/α-hetero) is 1. The molecule has 3 nitrogen and oxygen atoms in total. The Morgan fingerprint density at radius 2 is 2.08 bits per heavy atom. The molecule has 0 saturated heterocycles. The lowest BCUT2D eigenvalue weighted by Crippen LogP contribution is -2.44. The summed E-state index contributed by atoms with van der Waals surface area (Å²) in [7, 11) is 0. The molecule has 0 bridgehead atoms. The average molecular weight is 326 g/mol. The van der Waals surface area contributed by atoms with Crippen molar-refractivity contribution >= 4 is 11.6 Å². The molecule has 4 aliphatic carbocycles. The molecule has 0 amide bonds. The molecule has 1 saturated carbocycles. The zero-order valence-corrected chi connectivity index (χ0v) is 14.6. The number of carbonyl (C=O) groups is 2. The van der Waals surface area contributed by atoms with E-state index in [1.165, 1.54) is 11.1 Å². The van der Waals surface area contributed by atoms with Crippen LogP contribution in [-0.2, 0) is 9.59 Å². The predicted molar refractivity (Wildman–Crippen MR) is 92.2 cm³/mol. The second-order valence-electron chi connectivity index (χ2n) is 8.44. The minimum atomic E-state index is -0.387. The van der Waals surface area contributed by atoms with Crippen LogP contribution in [0.3, 0.4) is 0 Å². The molecule has 4 atom stereocenters. The fourth-order valence-electron chi connectivity index (χ4n) is 5.95. The Hall–Kier alpha value is -1.48. The number of fused-ring (bicyclic) bond motifs is 5. The smallest absolute Gasteiger partial charge is 0.184 e. The number of hydrogen-bond donors (Lipinski definition) is 1. The Labute approximate surface area is 143 Å². The molecule has 2 unspecified atom stereocenters. The Morgan fingerprint density at radius 3 is 2.83 bits per heavy atom.